The summed E-state index contributed by atoms with van der Waals surface area (Å²) in [6.45, 7) is 8.74. The maximum Gasteiger partial charge on any atom is 0.121 e. The summed E-state index contributed by atoms with van der Waals surface area (Å²) in [5.41, 5.74) is -0.890. The van der Waals surface area contributed by atoms with Crippen LogP contribution < -0.4 is 0 Å². The van der Waals surface area contributed by atoms with Crippen LogP contribution in [-0.2, 0) is 0 Å². The minimum Gasteiger partial charge on any atom is -0.388 e. The van der Waals surface area contributed by atoms with Gasteiger partial charge in [-0.1, -0.05) is 97.1 Å². The van der Waals surface area contributed by atoms with E-state index >= 15 is 0 Å². The fraction of sp³-hybridized carbons (Fsp3) is 1.00. The third kappa shape index (κ3) is 9.44. The van der Waals surface area contributed by atoms with Gasteiger partial charge in [0, 0.05) is 0 Å². The molecule has 0 saturated heterocycles. The molecule has 0 spiro atoms. The van der Waals surface area contributed by atoms with Gasteiger partial charge in [-0.3, -0.25) is 0 Å². The Morgan fingerprint density at radius 1 is 0.870 bits per heavy atom. The maximum absolute atomic E-state index is 11.5. The third-order valence-corrected chi connectivity index (χ3v) is 5.23. The average molecular weight is 328 g/mol. The monoisotopic (exact) mass is 327 g/mol. The molecule has 0 saturated carbocycles. The third-order valence-electron chi connectivity index (χ3n) is 5.23. The number of hydrogen-bond acceptors (Lipinski definition) is 3. The molecule has 3 unspecified atom stereocenters. The molecule has 0 aliphatic rings. The SMILES string of the molecule is CCCCCC(N=O)C(O)(CCCCC)CC(CC)CCCC. The van der Waals surface area contributed by atoms with E-state index in [4.69, 9.17) is 0 Å². The molecule has 23 heavy (non-hydrogen) atoms. The van der Waals surface area contributed by atoms with E-state index in [1.54, 1.807) is 0 Å². The summed E-state index contributed by atoms with van der Waals surface area (Å²) in [7, 11) is 0. The lowest BCUT2D eigenvalue weighted by molar-refractivity contribution is -0.0226. The second-order valence-electron chi connectivity index (χ2n) is 7.30. The van der Waals surface area contributed by atoms with E-state index in [0.29, 0.717) is 5.92 Å². The minimum atomic E-state index is -0.890. The van der Waals surface area contributed by atoms with Gasteiger partial charge in [-0.25, -0.2) is 0 Å². The summed E-state index contributed by atoms with van der Waals surface area (Å²) in [5, 5.41) is 14.7. The van der Waals surface area contributed by atoms with Crippen molar-refractivity contribution in [2.45, 2.75) is 123 Å². The first-order chi connectivity index (χ1) is 11.1. The highest BCUT2D eigenvalue weighted by Crippen LogP contribution is 2.34. The molecule has 3 nitrogen and oxygen atoms in total. The van der Waals surface area contributed by atoms with Gasteiger partial charge in [0.1, 0.15) is 6.04 Å². The van der Waals surface area contributed by atoms with Gasteiger partial charge in [-0.15, -0.1) is 0 Å². The number of rotatable bonds is 16. The van der Waals surface area contributed by atoms with Crippen molar-refractivity contribution >= 4 is 0 Å². The molecular weight excluding hydrogens is 286 g/mol. The Morgan fingerprint density at radius 3 is 2.00 bits per heavy atom. The van der Waals surface area contributed by atoms with E-state index in [1.807, 2.05) is 0 Å². The second-order valence-corrected chi connectivity index (χ2v) is 7.30. The molecule has 0 aromatic carbocycles. The highest BCUT2D eigenvalue weighted by atomic mass is 16.3. The number of hydrogen-bond donors (Lipinski definition) is 1. The van der Waals surface area contributed by atoms with Crippen LogP contribution in [0.1, 0.15) is 111 Å². The molecule has 3 atom stereocenters. The molecule has 0 radical (unpaired) electrons. The van der Waals surface area contributed by atoms with E-state index in [-0.39, 0.29) is 0 Å². The Bertz CT molecular complexity index is 283. The quantitative estimate of drug-likeness (QED) is 0.256. The Balaban J connectivity index is 4.90. The predicted molar refractivity (Wildman–Crippen MR) is 101 cm³/mol. The zero-order chi connectivity index (χ0) is 17.6. The van der Waals surface area contributed by atoms with Crippen molar-refractivity contribution in [2.75, 3.05) is 0 Å². The van der Waals surface area contributed by atoms with E-state index < -0.39 is 11.6 Å². The summed E-state index contributed by atoms with van der Waals surface area (Å²) < 4.78 is 0. The van der Waals surface area contributed by atoms with Crippen molar-refractivity contribution in [3.8, 4) is 0 Å². The van der Waals surface area contributed by atoms with Crippen molar-refractivity contribution in [2.24, 2.45) is 11.1 Å². The molecular formula is C20H41NO2. The van der Waals surface area contributed by atoms with Crippen LogP contribution in [0.25, 0.3) is 0 Å². The van der Waals surface area contributed by atoms with Crippen LogP contribution in [0.2, 0.25) is 0 Å². The van der Waals surface area contributed by atoms with Crippen LogP contribution in [0.3, 0.4) is 0 Å². The van der Waals surface area contributed by atoms with Gasteiger partial charge in [0.15, 0.2) is 0 Å². The van der Waals surface area contributed by atoms with Gasteiger partial charge in [-0.2, -0.15) is 4.91 Å². The van der Waals surface area contributed by atoms with Crippen LogP contribution in [0.15, 0.2) is 5.18 Å². The highest BCUT2D eigenvalue weighted by molar-refractivity contribution is 4.93. The zero-order valence-electron chi connectivity index (χ0n) is 16.1. The average Bonchev–Trinajstić information content (AvgIpc) is 2.55. The van der Waals surface area contributed by atoms with E-state index in [9.17, 15) is 10.0 Å². The van der Waals surface area contributed by atoms with Crippen LogP contribution in [0.4, 0.5) is 0 Å². The molecule has 1 N–H and O–H groups in total. The number of nitrogens with zero attached hydrogens (tertiary/aromatic N) is 1. The highest BCUT2D eigenvalue weighted by Gasteiger charge is 2.38. The van der Waals surface area contributed by atoms with Crippen molar-refractivity contribution < 1.29 is 5.11 Å². The Hall–Kier alpha value is -0.440. The van der Waals surface area contributed by atoms with Gasteiger partial charge in [0.2, 0.25) is 0 Å². The molecule has 0 bridgehead atoms. The summed E-state index contributed by atoms with van der Waals surface area (Å²) >= 11 is 0. The Labute approximate surface area is 144 Å². The summed E-state index contributed by atoms with van der Waals surface area (Å²) in [6, 6.07) is -0.429. The molecule has 0 aromatic rings. The zero-order valence-corrected chi connectivity index (χ0v) is 16.1. The summed E-state index contributed by atoms with van der Waals surface area (Å²) in [6.07, 6.45) is 13.3. The van der Waals surface area contributed by atoms with Crippen molar-refractivity contribution in [3.05, 3.63) is 4.91 Å². The lowest BCUT2D eigenvalue weighted by Gasteiger charge is -2.35. The maximum atomic E-state index is 11.5. The van der Waals surface area contributed by atoms with Crippen LogP contribution in [-0.4, -0.2) is 16.7 Å². The molecule has 3 heteroatoms. The van der Waals surface area contributed by atoms with Crippen LogP contribution >= 0.6 is 0 Å². The van der Waals surface area contributed by atoms with Crippen molar-refractivity contribution in [1.29, 1.82) is 0 Å². The summed E-state index contributed by atoms with van der Waals surface area (Å²) in [5.74, 6) is 0.511. The Kier molecular flexibility index (Phi) is 13.7. The van der Waals surface area contributed by atoms with Crippen molar-refractivity contribution in [3.63, 3.8) is 0 Å². The van der Waals surface area contributed by atoms with Crippen LogP contribution in [0.5, 0.6) is 0 Å². The molecule has 0 amide bonds. The summed E-state index contributed by atoms with van der Waals surface area (Å²) in [4.78, 5) is 11.5. The number of aliphatic hydroxyl groups is 1. The second kappa shape index (κ2) is 13.9. The van der Waals surface area contributed by atoms with Gasteiger partial charge in [0.05, 0.1) is 5.60 Å². The standard InChI is InChI=1S/C20H41NO2/c1-5-9-12-15-19(21-23)20(22,16-13-10-6-2)17-18(8-4)14-11-7-3/h18-19,22H,5-17H2,1-4H3. The topological polar surface area (TPSA) is 49.7 Å². The van der Waals surface area contributed by atoms with Crippen LogP contribution in [0, 0.1) is 10.8 Å². The number of nitroso groups, excluding NO2 is 1. The number of unbranched alkanes of at least 4 members (excludes halogenated alkanes) is 5. The Morgan fingerprint density at radius 2 is 1.48 bits per heavy atom. The van der Waals surface area contributed by atoms with E-state index in [0.717, 1.165) is 70.6 Å². The normalized spacial score (nSPS) is 16.7. The fourth-order valence-corrected chi connectivity index (χ4v) is 3.54. The van der Waals surface area contributed by atoms with Gasteiger partial charge >= 0.3 is 0 Å². The molecule has 0 fully saturated rings. The van der Waals surface area contributed by atoms with E-state index in [1.165, 1.54) is 12.8 Å². The van der Waals surface area contributed by atoms with Crippen molar-refractivity contribution in [1.82, 2.24) is 0 Å². The molecule has 0 rings (SSSR count). The first-order valence-corrected chi connectivity index (χ1v) is 10.1. The minimum absolute atomic E-state index is 0.429. The fourth-order valence-electron chi connectivity index (χ4n) is 3.54. The lowest BCUT2D eigenvalue weighted by Crippen LogP contribution is -2.43. The van der Waals surface area contributed by atoms with E-state index in [2.05, 4.69) is 32.9 Å². The lowest BCUT2D eigenvalue weighted by atomic mass is 9.77. The molecule has 0 aliphatic heterocycles. The van der Waals surface area contributed by atoms with Gasteiger partial charge in [-0.05, 0) is 25.2 Å². The first kappa shape index (κ1) is 22.6. The predicted octanol–water partition coefficient (Wildman–Crippen LogP) is 6.62. The first-order valence-electron chi connectivity index (χ1n) is 10.1. The largest absolute Gasteiger partial charge is 0.388 e. The molecule has 138 valence electrons. The molecule has 0 aliphatic carbocycles. The smallest absolute Gasteiger partial charge is 0.121 e. The molecule has 0 heterocycles. The molecule has 0 aromatic heterocycles. The van der Waals surface area contributed by atoms with Gasteiger partial charge < -0.3 is 5.11 Å². The van der Waals surface area contributed by atoms with Gasteiger partial charge in [0.25, 0.3) is 0 Å².